The van der Waals surface area contributed by atoms with Crippen molar-refractivity contribution in [1.29, 1.82) is 0 Å². The number of hydrogen-bond acceptors (Lipinski definition) is 5. The molecule has 30 heavy (non-hydrogen) atoms. The number of aromatic nitrogens is 1. The van der Waals surface area contributed by atoms with Gasteiger partial charge in [0.05, 0.1) is 0 Å². The van der Waals surface area contributed by atoms with Gasteiger partial charge >= 0.3 is 0 Å². The number of benzene rings is 3. The highest BCUT2D eigenvalue weighted by atomic mass is 16.5. The van der Waals surface area contributed by atoms with Gasteiger partial charge in [0.15, 0.2) is 5.69 Å². The monoisotopic (exact) mass is 399 g/mol. The lowest BCUT2D eigenvalue weighted by atomic mass is 10.1. The molecule has 0 bridgehead atoms. The van der Waals surface area contributed by atoms with Gasteiger partial charge < -0.3 is 20.2 Å². The quantitative estimate of drug-likeness (QED) is 0.476. The van der Waals surface area contributed by atoms with Crippen molar-refractivity contribution in [3.8, 4) is 5.75 Å². The molecular formula is C24H21N3O3. The average Bonchev–Trinajstić information content (AvgIpc) is 3.30. The number of nitrogens with zero attached hydrogens (tertiary/aromatic N) is 1. The SMILES string of the molecule is NC(c1ccccc1)c1nc(C(=O)Nc2ccc(OCc3ccccc3)cc2)co1. The van der Waals surface area contributed by atoms with Crippen LogP contribution in [0.5, 0.6) is 5.75 Å². The topological polar surface area (TPSA) is 90.4 Å². The molecule has 1 aromatic heterocycles. The number of oxazole rings is 1. The molecule has 0 saturated heterocycles. The van der Waals surface area contributed by atoms with E-state index in [1.165, 1.54) is 6.26 Å². The van der Waals surface area contributed by atoms with Crippen molar-refractivity contribution in [2.24, 2.45) is 5.73 Å². The van der Waals surface area contributed by atoms with Crippen molar-refractivity contribution in [1.82, 2.24) is 4.98 Å². The minimum atomic E-state index is -0.534. The fraction of sp³-hybridized carbons (Fsp3) is 0.0833. The first-order valence-electron chi connectivity index (χ1n) is 9.53. The maximum Gasteiger partial charge on any atom is 0.277 e. The summed E-state index contributed by atoms with van der Waals surface area (Å²) in [6, 6.07) is 26.0. The fourth-order valence-electron chi connectivity index (χ4n) is 2.91. The number of nitrogens with two attached hydrogens (primary N) is 1. The van der Waals surface area contributed by atoms with E-state index in [9.17, 15) is 4.79 Å². The molecule has 150 valence electrons. The molecule has 0 saturated carbocycles. The van der Waals surface area contributed by atoms with Crippen LogP contribution in [-0.2, 0) is 6.61 Å². The number of rotatable bonds is 7. The van der Waals surface area contributed by atoms with Gasteiger partial charge in [-0.25, -0.2) is 4.98 Å². The summed E-state index contributed by atoms with van der Waals surface area (Å²) in [4.78, 5) is 16.7. The molecule has 6 heteroatoms. The van der Waals surface area contributed by atoms with E-state index < -0.39 is 6.04 Å². The van der Waals surface area contributed by atoms with E-state index >= 15 is 0 Å². The highest BCUT2D eigenvalue weighted by molar-refractivity contribution is 6.02. The molecule has 0 fully saturated rings. The third-order valence-electron chi connectivity index (χ3n) is 4.54. The van der Waals surface area contributed by atoms with E-state index in [4.69, 9.17) is 14.9 Å². The van der Waals surface area contributed by atoms with Gasteiger partial charge in [-0.3, -0.25) is 4.79 Å². The van der Waals surface area contributed by atoms with Crippen molar-refractivity contribution < 1.29 is 13.9 Å². The molecule has 1 atom stereocenters. The Labute approximate surface area is 174 Å². The number of anilines is 1. The van der Waals surface area contributed by atoms with Gasteiger partial charge in [0.1, 0.15) is 24.7 Å². The van der Waals surface area contributed by atoms with Gasteiger partial charge in [0.2, 0.25) is 5.89 Å². The van der Waals surface area contributed by atoms with Crippen LogP contribution in [0.15, 0.2) is 95.6 Å². The van der Waals surface area contributed by atoms with Crippen LogP contribution in [0.2, 0.25) is 0 Å². The second-order valence-electron chi connectivity index (χ2n) is 6.71. The van der Waals surface area contributed by atoms with Crippen molar-refractivity contribution in [3.63, 3.8) is 0 Å². The summed E-state index contributed by atoms with van der Waals surface area (Å²) in [6.07, 6.45) is 1.31. The van der Waals surface area contributed by atoms with E-state index in [0.717, 1.165) is 16.9 Å². The summed E-state index contributed by atoms with van der Waals surface area (Å²) >= 11 is 0. The van der Waals surface area contributed by atoms with E-state index in [1.54, 1.807) is 24.3 Å². The Kier molecular flexibility index (Phi) is 5.87. The summed E-state index contributed by atoms with van der Waals surface area (Å²) in [5.41, 5.74) is 8.91. The molecule has 1 amide bonds. The average molecular weight is 399 g/mol. The molecule has 4 aromatic rings. The highest BCUT2D eigenvalue weighted by Gasteiger charge is 2.18. The van der Waals surface area contributed by atoms with Crippen LogP contribution in [0, 0.1) is 0 Å². The Morgan fingerprint density at radius 2 is 1.63 bits per heavy atom. The van der Waals surface area contributed by atoms with Crippen LogP contribution in [0.3, 0.4) is 0 Å². The first-order valence-corrected chi connectivity index (χ1v) is 9.53. The normalized spacial score (nSPS) is 11.6. The van der Waals surface area contributed by atoms with Crippen LogP contribution in [0.4, 0.5) is 5.69 Å². The predicted octanol–water partition coefficient (Wildman–Crippen LogP) is 4.55. The third-order valence-corrected chi connectivity index (χ3v) is 4.54. The molecule has 4 rings (SSSR count). The Balaban J connectivity index is 1.35. The number of carbonyl (C=O) groups excluding carboxylic acids is 1. The highest BCUT2D eigenvalue weighted by Crippen LogP contribution is 2.20. The lowest BCUT2D eigenvalue weighted by Crippen LogP contribution is -2.15. The van der Waals surface area contributed by atoms with E-state index in [1.807, 2.05) is 60.7 Å². The lowest BCUT2D eigenvalue weighted by molar-refractivity contribution is 0.102. The standard InChI is InChI=1S/C24H21N3O3/c25-22(18-9-5-2-6-10-18)24-27-21(16-30-24)23(28)26-19-11-13-20(14-12-19)29-15-17-7-3-1-4-8-17/h1-14,16,22H,15,25H2,(H,26,28). The number of nitrogens with one attached hydrogen (secondary N) is 1. The summed E-state index contributed by atoms with van der Waals surface area (Å²) in [6.45, 7) is 0.482. The Bertz CT molecular complexity index is 1090. The van der Waals surface area contributed by atoms with Gasteiger partial charge in [-0.2, -0.15) is 0 Å². The van der Waals surface area contributed by atoms with Crippen LogP contribution in [0.25, 0.3) is 0 Å². The second kappa shape index (κ2) is 9.07. The largest absolute Gasteiger partial charge is 0.489 e. The molecule has 0 aliphatic rings. The summed E-state index contributed by atoms with van der Waals surface area (Å²) in [7, 11) is 0. The molecular weight excluding hydrogens is 378 g/mol. The Morgan fingerprint density at radius 3 is 2.33 bits per heavy atom. The van der Waals surface area contributed by atoms with Gasteiger partial charge in [0, 0.05) is 5.69 Å². The molecule has 0 aliphatic heterocycles. The molecule has 3 aromatic carbocycles. The van der Waals surface area contributed by atoms with Crippen LogP contribution in [0.1, 0.15) is 33.5 Å². The zero-order valence-electron chi connectivity index (χ0n) is 16.2. The number of hydrogen-bond donors (Lipinski definition) is 2. The van der Waals surface area contributed by atoms with Gasteiger partial charge in [-0.05, 0) is 35.4 Å². The molecule has 3 N–H and O–H groups in total. The molecule has 1 unspecified atom stereocenters. The number of ether oxygens (including phenoxy) is 1. The van der Waals surface area contributed by atoms with E-state index in [2.05, 4.69) is 10.3 Å². The van der Waals surface area contributed by atoms with Crippen LogP contribution < -0.4 is 15.8 Å². The van der Waals surface area contributed by atoms with Crippen molar-refractivity contribution >= 4 is 11.6 Å². The zero-order chi connectivity index (χ0) is 20.8. The summed E-state index contributed by atoms with van der Waals surface area (Å²) in [5.74, 6) is 0.633. The molecule has 0 radical (unpaired) electrons. The van der Waals surface area contributed by atoms with Crippen molar-refractivity contribution in [2.45, 2.75) is 12.6 Å². The van der Waals surface area contributed by atoms with Crippen LogP contribution in [-0.4, -0.2) is 10.9 Å². The fourth-order valence-corrected chi connectivity index (χ4v) is 2.91. The molecule has 6 nitrogen and oxygen atoms in total. The molecule has 0 aliphatic carbocycles. The Hall–Kier alpha value is -3.90. The minimum Gasteiger partial charge on any atom is -0.489 e. The first-order chi connectivity index (χ1) is 14.7. The Morgan fingerprint density at radius 1 is 0.967 bits per heavy atom. The summed E-state index contributed by atoms with van der Waals surface area (Å²) in [5, 5.41) is 2.79. The van der Waals surface area contributed by atoms with Gasteiger partial charge in [-0.1, -0.05) is 60.7 Å². The van der Waals surface area contributed by atoms with Gasteiger partial charge in [0.25, 0.3) is 5.91 Å². The maximum absolute atomic E-state index is 12.5. The smallest absolute Gasteiger partial charge is 0.277 e. The molecule has 0 spiro atoms. The lowest BCUT2D eigenvalue weighted by Gasteiger charge is -2.08. The van der Waals surface area contributed by atoms with Crippen LogP contribution >= 0.6 is 0 Å². The predicted molar refractivity (Wildman–Crippen MR) is 114 cm³/mol. The minimum absolute atomic E-state index is 0.167. The maximum atomic E-state index is 12.5. The third kappa shape index (κ3) is 4.74. The summed E-state index contributed by atoms with van der Waals surface area (Å²) < 4.78 is 11.2. The van der Waals surface area contributed by atoms with E-state index in [0.29, 0.717) is 12.3 Å². The zero-order valence-corrected chi connectivity index (χ0v) is 16.2. The number of amides is 1. The number of carbonyl (C=O) groups is 1. The first kappa shape index (κ1) is 19.4. The van der Waals surface area contributed by atoms with E-state index in [-0.39, 0.29) is 17.5 Å². The van der Waals surface area contributed by atoms with Gasteiger partial charge in [-0.15, -0.1) is 0 Å². The van der Waals surface area contributed by atoms with Crippen molar-refractivity contribution in [2.75, 3.05) is 5.32 Å². The van der Waals surface area contributed by atoms with Crippen molar-refractivity contribution in [3.05, 3.63) is 114 Å². The second-order valence-corrected chi connectivity index (χ2v) is 6.71. The molecule has 1 heterocycles.